The van der Waals surface area contributed by atoms with Gasteiger partial charge in [0.15, 0.2) is 5.65 Å². The zero-order valence-electron chi connectivity index (χ0n) is 14.6. The zero-order chi connectivity index (χ0) is 21.2. The lowest BCUT2D eigenvalue weighted by atomic mass is 10.1. The molecule has 1 N–H and O–H groups in total. The second-order valence-corrected chi connectivity index (χ2v) is 6.22. The van der Waals surface area contributed by atoms with Gasteiger partial charge in [0, 0.05) is 6.07 Å². The van der Waals surface area contributed by atoms with Crippen molar-refractivity contribution in [1.29, 1.82) is 0 Å². The molecule has 0 aliphatic carbocycles. The monoisotopic (exact) mass is 427 g/mol. The van der Waals surface area contributed by atoms with Crippen molar-refractivity contribution in [3.63, 3.8) is 0 Å². The van der Waals surface area contributed by atoms with Gasteiger partial charge in [-0.25, -0.2) is 9.48 Å². The van der Waals surface area contributed by atoms with Gasteiger partial charge < -0.3 is 10.1 Å². The topological polar surface area (TPSA) is 90.5 Å². The number of hydrogen-bond acceptors (Lipinski definition) is 5. The smallest absolute Gasteiger partial charge is 0.406 e. The van der Waals surface area contributed by atoms with Crippen LogP contribution in [0.5, 0.6) is 5.75 Å². The van der Waals surface area contributed by atoms with Crippen LogP contribution in [0.1, 0.15) is 11.6 Å². The number of amides is 1. The average Bonchev–Trinajstić information content (AvgIpc) is 2.94. The number of ether oxygens (including phenoxy) is 1. The highest BCUT2D eigenvalue weighted by Gasteiger charge is 2.31. The van der Waals surface area contributed by atoms with Crippen LogP contribution in [0.25, 0.3) is 5.65 Å². The summed E-state index contributed by atoms with van der Waals surface area (Å²) in [6, 6.07) is 5.67. The van der Waals surface area contributed by atoms with Gasteiger partial charge in [-0.2, -0.15) is 9.61 Å². The Kier molecular flexibility index (Phi) is 5.59. The maximum Gasteiger partial charge on any atom is 0.573 e. The number of nitrogens with zero attached hydrogens (tertiary/aromatic N) is 4. The number of aromatic nitrogens is 4. The third kappa shape index (κ3) is 4.93. The number of carbonyl (C=O) groups is 1. The normalized spacial score (nSPS) is 12.6. The highest BCUT2D eigenvalue weighted by Crippen LogP contribution is 2.24. The van der Waals surface area contributed by atoms with Gasteiger partial charge >= 0.3 is 12.1 Å². The van der Waals surface area contributed by atoms with Crippen LogP contribution >= 0.6 is 11.6 Å². The van der Waals surface area contributed by atoms with Crippen molar-refractivity contribution in [3.05, 3.63) is 70.3 Å². The molecule has 152 valence electrons. The quantitative estimate of drug-likeness (QED) is 0.610. The lowest BCUT2D eigenvalue weighted by Crippen LogP contribution is -2.34. The Hall–Kier alpha value is -3.34. The molecule has 1 amide bonds. The number of benzene rings is 1. The first kappa shape index (κ1) is 20.4. The molecule has 0 radical (unpaired) electrons. The van der Waals surface area contributed by atoms with E-state index in [1.807, 2.05) is 0 Å². The van der Waals surface area contributed by atoms with Crippen molar-refractivity contribution in [2.75, 3.05) is 0 Å². The van der Waals surface area contributed by atoms with Crippen LogP contribution in [0.3, 0.4) is 0 Å². The van der Waals surface area contributed by atoms with E-state index in [9.17, 15) is 22.8 Å². The van der Waals surface area contributed by atoms with Crippen LogP contribution in [0.4, 0.5) is 13.2 Å². The molecule has 1 aromatic carbocycles. The predicted molar refractivity (Wildman–Crippen MR) is 96.5 cm³/mol. The molecule has 0 aliphatic rings. The third-order valence-electron chi connectivity index (χ3n) is 3.72. The van der Waals surface area contributed by atoms with Crippen LogP contribution in [0, 0.1) is 0 Å². The van der Waals surface area contributed by atoms with Crippen LogP contribution in [0.15, 0.2) is 54.0 Å². The molecule has 0 bridgehead atoms. The van der Waals surface area contributed by atoms with Gasteiger partial charge in [-0.05, 0) is 17.7 Å². The van der Waals surface area contributed by atoms with Gasteiger partial charge in [0.1, 0.15) is 12.3 Å². The molecule has 0 saturated carbocycles. The van der Waals surface area contributed by atoms with Gasteiger partial charge in [0.2, 0.25) is 5.91 Å². The zero-order valence-corrected chi connectivity index (χ0v) is 15.3. The summed E-state index contributed by atoms with van der Waals surface area (Å²) in [6.45, 7) is 3.20. The highest BCUT2D eigenvalue weighted by molar-refractivity contribution is 6.30. The summed E-state index contributed by atoms with van der Waals surface area (Å²) in [5, 5.41) is 10.7. The molecule has 29 heavy (non-hydrogen) atoms. The van der Waals surface area contributed by atoms with Crippen LogP contribution in [-0.4, -0.2) is 31.7 Å². The average molecular weight is 428 g/mol. The SMILES string of the molecule is C=C[C@H](NC(=O)Cn1nc2cc(Cl)cnn2c1=O)c1ccc(OC(F)(F)F)cc1. The van der Waals surface area contributed by atoms with Crippen LogP contribution in [-0.2, 0) is 11.3 Å². The minimum atomic E-state index is -4.80. The van der Waals surface area contributed by atoms with E-state index < -0.39 is 36.3 Å². The van der Waals surface area contributed by atoms with E-state index in [-0.39, 0.29) is 10.7 Å². The van der Waals surface area contributed by atoms with Gasteiger partial charge in [-0.3, -0.25) is 4.79 Å². The summed E-state index contributed by atoms with van der Waals surface area (Å²) < 4.78 is 42.4. The maximum absolute atomic E-state index is 12.3. The van der Waals surface area contributed by atoms with E-state index in [1.54, 1.807) is 0 Å². The molecule has 12 heteroatoms. The first-order valence-corrected chi connectivity index (χ1v) is 8.43. The number of hydrogen-bond donors (Lipinski definition) is 1. The molecule has 0 aliphatic heterocycles. The number of alkyl halides is 3. The fraction of sp³-hybridized carbons (Fsp3) is 0.176. The molecule has 0 saturated heterocycles. The van der Waals surface area contributed by atoms with E-state index in [4.69, 9.17) is 11.6 Å². The number of rotatable bonds is 6. The molecule has 3 aromatic rings. The second kappa shape index (κ2) is 7.95. The Morgan fingerprint density at radius 1 is 1.34 bits per heavy atom. The third-order valence-corrected chi connectivity index (χ3v) is 3.93. The van der Waals surface area contributed by atoms with Crippen molar-refractivity contribution >= 4 is 23.2 Å². The molecule has 2 heterocycles. The number of carbonyl (C=O) groups excluding carboxylic acids is 1. The molecule has 0 fully saturated rings. The Balaban J connectivity index is 1.71. The van der Waals surface area contributed by atoms with E-state index in [1.165, 1.54) is 30.5 Å². The Morgan fingerprint density at radius 2 is 2.03 bits per heavy atom. The fourth-order valence-electron chi connectivity index (χ4n) is 2.50. The van der Waals surface area contributed by atoms with Gasteiger partial charge in [0.05, 0.1) is 17.3 Å². The first-order chi connectivity index (χ1) is 13.7. The summed E-state index contributed by atoms with van der Waals surface area (Å²) in [4.78, 5) is 24.5. The summed E-state index contributed by atoms with van der Waals surface area (Å²) >= 11 is 5.80. The molecule has 0 unspecified atom stereocenters. The Labute approximate surface area is 166 Å². The molecule has 2 aromatic heterocycles. The molecule has 8 nitrogen and oxygen atoms in total. The summed E-state index contributed by atoms with van der Waals surface area (Å²) in [5.41, 5.74) is 0.0186. The van der Waals surface area contributed by atoms with Crippen molar-refractivity contribution in [3.8, 4) is 5.75 Å². The molecular formula is C17H13ClF3N5O3. The van der Waals surface area contributed by atoms with E-state index in [2.05, 4.69) is 26.8 Å². The molecule has 3 rings (SSSR count). The minimum Gasteiger partial charge on any atom is -0.406 e. The molecule has 1 atom stereocenters. The van der Waals surface area contributed by atoms with Gasteiger partial charge in [-0.15, -0.1) is 24.8 Å². The summed E-state index contributed by atoms with van der Waals surface area (Å²) in [5.74, 6) is -0.958. The predicted octanol–water partition coefficient (Wildman–Crippen LogP) is 2.49. The van der Waals surface area contributed by atoms with Crippen molar-refractivity contribution < 1.29 is 22.7 Å². The van der Waals surface area contributed by atoms with E-state index in [0.29, 0.717) is 5.56 Å². The lowest BCUT2D eigenvalue weighted by Gasteiger charge is -2.16. The molecular weight excluding hydrogens is 415 g/mol. The lowest BCUT2D eigenvalue weighted by molar-refractivity contribution is -0.274. The van der Waals surface area contributed by atoms with Crippen LogP contribution < -0.4 is 15.7 Å². The second-order valence-electron chi connectivity index (χ2n) is 5.78. The van der Waals surface area contributed by atoms with Gasteiger partial charge in [0.25, 0.3) is 0 Å². The molecule has 0 spiro atoms. The highest BCUT2D eigenvalue weighted by atomic mass is 35.5. The first-order valence-electron chi connectivity index (χ1n) is 8.05. The van der Waals surface area contributed by atoms with Crippen molar-refractivity contribution in [2.45, 2.75) is 18.9 Å². The standard InChI is InChI=1S/C17H13ClF3N5O3/c1-2-13(10-3-5-12(6-4-10)29-17(19,20)21)23-15(27)9-25-16(28)26-14(24-25)7-11(18)8-22-26/h2-8,13H,1,9H2,(H,23,27)/t13-/m0/s1. The van der Waals surface area contributed by atoms with Crippen molar-refractivity contribution in [1.82, 2.24) is 24.7 Å². The number of nitrogens with one attached hydrogen (secondary N) is 1. The van der Waals surface area contributed by atoms with Gasteiger partial charge in [-0.1, -0.05) is 29.8 Å². The Morgan fingerprint density at radius 3 is 2.66 bits per heavy atom. The Bertz CT molecular complexity index is 1110. The minimum absolute atomic E-state index is 0.177. The largest absolute Gasteiger partial charge is 0.573 e. The van der Waals surface area contributed by atoms with E-state index >= 15 is 0 Å². The van der Waals surface area contributed by atoms with E-state index in [0.717, 1.165) is 21.3 Å². The number of halogens is 4. The summed E-state index contributed by atoms with van der Waals surface area (Å²) in [7, 11) is 0. The maximum atomic E-state index is 12.3. The summed E-state index contributed by atoms with van der Waals surface area (Å²) in [6.07, 6.45) is -2.14. The fourth-order valence-corrected chi connectivity index (χ4v) is 2.64. The van der Waals surface area contributed by atoms with Crippen LogP contribution in [0.2, 0.25) is 5.02 Å². The number of fused-ring (bicyclic) bond motifs is 1. The van der Waals surface area contributed by atoms with Crippen molar-refractivity contribution in [2.24, 2.45) is 0 Å².